The van der Waals surface area contributed by atoms with Crippen molar-refractivity contribution < 1.29 is 28.6 Å². The minimum Gasteiger partial charge on any atom is -0.462 e. The molecule has 1 unspecified atom stereocenters. The molecule has 0 saturated carbocycles. The van der Waals surface area contributed by atoms with Gasteiger partial charge in [-0.3, -0.25) is 14.4 Å². The minimum atomic E-state index is -0.802. The lowest BCUT2D eigenvalue weighted by Crippen LogP contribution is -2.30. The zero-order valence-corrected chi connectivity index (χ0v) is 49.7. The molecule has 0 bridgehead atoms. The first-order valence-electron chi connectivity index (χ1n) is 31.9. The number of allylic oxidation sites excluding steroid dienone is 18. The molecule has 6 nitrogen and oxygen atoms in total. The lowest BCUT2D eigenvalue weighted by molar-refractivity contribution is -0.167. The molecule has 0 aromatic rings. The summed E-state index contributed by atoms with van der Waals surface area (Å²) in [4.78, 5) is 38.3. The SMILES string of the molecule is CC/C=C\C/C=C\C/C=C\C/C=C\CCCCCCC(=O)OC(COC(=O)CCCCCCC/C=C\C/C=C\CCCCCC)COC(=O)CCCCCCCCCCCC/C=C\C/C=C\C/C=C\CCCCCCC. The van der Waals surface area contributed by atoms with Crippen LogP contribution in [0.25, 0.3) is 0 Å². The monoisotopic (exact) mass is 1050 g/mol. The predicted octanol–water partition coefficient (Wildman–Crippen LogP) is 21.8. The molecule has 0 fully saturated rings. The fraction of sp³-hybridized carbons (Fsp3) is 0.700. The van der Waals surface area contributed by atoms with E-state index in [1.807, 2.05) is 0 Å². The van der Waals surface area contributed by atoms with Crippen molar-refractivity contribution in [2.45, 2.75) is 303 Å². The summed E-state index contributed by atoms with van der Waals surface area (Å²) in [7, 11) is 0. The van der Waals surface area contributed by atoms with Gasteiger partial charge in [-0.2, -0.15) is 0 Å². The molecule has 0 N–H and O–H groups in total. The molecule has 1 atom stereocenters. The maximum atomic E-state index is 12.9. The Morgan fingerprint density at radius 2 is 0.513 bits per heavy atom. The molecule has 0 amide bonds. The van der Waals surface area contributed by atoms with E-state index in [1.54, 1.807) is 0 Å². The lowest BCUT2D eigenvalue weighted by Gasteiger charge is -2.18. The molecule has 0 aliphatic rings. The van der Waals surface area contributed by atoms with Gasteiger partial charge in [0.2, 0.25) is 0 Å². The first-order chi connectivity index (χ1) is 37.5. The topological polar surface area (TPSA) is 78.9 Å². The lowest BCUT2D eigenvalue weighted by atomic mass is 10.1. The molecular weight excluding hydrogens is 937 g/mol. The number of hydrogen-bond donors (Lipinski definition) is 0. The summed E-state index contributed by atoms with van der Waals surface area (Å²) in [5.41, 5.74) is 0. The largest absolute Gasteiger partial charge is 0.462 e. The quantitative estimate of drug-likeness (QED) is 0.0261. The number of carbonyl (C=O) groups excluding carboxylic acids is 3. The third kappa shape index (κ3) is 60.9. The van der Waals surface area contributed by atoms with E-state index in [4.69, 9.17) is 14.2 Å². The van der Waals surface area contributed by atoms with Gasteiger partial charge in [0.15, 0.2) is 6.10 Å². The summed E-state index contributed by atoms with van der Waals surface area (Å²) in [5, 5.41) is 0. The van der Waals surface area contributed by atoms with Crippen molar-refractivity contribution in [3.63, 3.8) is 0 Å². The third-order valence-electron chi connectivity index (χ3n) is 13.5. The molecule has 0 saturated heterocycles. The maximum Gasteiger partial charge on any atom is 0.306 e. The van der Waals surface area contributed by atoms with Crippen LogP contribution in [0.4, 0.5) is 0 Å². The van der Waals surface area contributed by atoms with Crippen LogP contribution in [0.15, 0.2) is 109 Å². The van der Waals surface area contributed by atoms with Crippen LogP contribution in [-0.2, 0) is 28.6 Å². The van der Waals surface area contributed by atoms with E-state index in [0.29, 0.717) is 19.3 Å². The minimum absolute atomic E-state index is 0.0957. The summed E-state index contributed by atoms with van der Waals surface area (Å²) in [6.45, 7) is 6.48. The van der Waals surface area contributed by atoms with Gasteiger partial charge in [0.05, 0.1) is 0 Å². The molecule has 76 heavy (non-hydrogen) atoms. The van der Waals surface area contributed by atoms with Crippen molar-refractivity contribution in [1.29, 1.82) is 0 Å². The van der Waals surface area contributed by atoms with Gasteiger partial charge >= 0.3 is 17.9 Å². The van der Waals surface area contributed by atoms with Gasteiger partial charge < -0.3 is 14.2 Å². The highest BCUT2D eigenvalue weighted by molar-refractivity contribution is 5.71. The number of ether oxygens (including phenoxy) is 3. The molecule has 0 aliphatic heterocycles. The van der Waals surface area contributed by atoms with Crippen LogP contribution in [0.5, 0.6) is 0 Å². The summed E-state index contributed by atoms with van der Waals surface area (Å²) in [6, 6.07) is 0. The van der Waals surface area contributed by atoms with Crippen molar-refractivity contribution in [2.75, 3.05) is 13.2 Å². The van der Waals surface area contributed by atoms with E-state index >= 15 is 0 Å². The van der Waals surface area contributed by atoms with E-state index in [0.717, 1.165) is 135 Å². The van der Waals surface area contributed by atoms with E-state index in [2.05, 4.69) is 130 Å². The Balaban J connectivity index is 4.40. The van der Waals surface area contributed by atoms with Gasteiger partial charge in [-0.1, -0.05) is 259 Å². The zero-order chi connectivity index (χ0) is 55.0. The maximum absolute atomic E-state index is 12.9. The van der Waals surface area contributed by atoms with E-state index in [-0.39, 0.29) is 31.1 Å². The summed E-state index contributed by atoms with van der Waals surface area (Å²) in [5.74, 6) is -0.931. The Bertz CT molecular complexity index is 1540. The van der Waals surface area contributed by atoms with Crippen molar-refractivity contribution >= 4 is 17.9 Å². The molecule has 0 radical (unpaired) electrons. The van der Waals surface area contributed by atoms with Gasteiger partial charge in [-0.15, -0.1) is 0 Å². The fourth-order valence-corrected chi connectivity index (χ4v) is 8.71. The van der Waals surface area contributed by atoms with Gasteiger partial charge in [-0.25, -0.2) is 0 Å². The molecule has 0 aliphatic carbocycles. The average Bonchev–Trinajstić information content (AvgIpc) is 3.42. The Morgan fingerprint density at radius 3 is 0.816 bits per heavy atom. The normalized spacial score (nSPS) is 12.8. The summed E-state index contributed by atoms with van der Waals surface area (Å²) >= 11 is 0. The molecule has 6 heteroatoms. The van der Waals surface area contributed by atoms with Gasteiger partial charge in [0.1, 0.15) is 13.2 Å². The van der Waals surface area contributed by atoms with Crippen molar-refractivity contribution in [3.8, 4) is 0 Å². The molecule has 434 valence electrons. The van der Waals surface area contributed by atoms with Crippen LogP contribution in [0.3, 0.4) is 0 Å². The molecule has 0 rings (SSSR count). The molecule has 0 spiro atoms. The van der Waals surface area contributed by atoms with Crippen molar-refractivity contribution in [2.24, 2.45) is 0 Å². The highest BCUT2D eigenvalue weighted by atomic mass is 16.6. The standard InChI is InChI=1S/C70H118O6/c1-4-7-10-13-16-19-22-25-28-31-32-33-34-35-36-37-38-40-42-45-48-51-54-57-60-63-69(72)75-66-67(65-74-68(71)62-59-56-53-50-47-44-41-30-27-24-21-18-15-12-9-6-3)76-70(73)64-61-58-55-52-49-46-43-39-29-26-23-20-17-14-11-8-5-2/h8,11,17,20-22,24-26,29-32,34-35,41,43,46,67H,4-7,9-10,12-16,18-19,23,27-28,33,36-40,42,44-45,47-66H2,1-3H3/b11-8-,20-17-,24-21-,25-22-,29-26-,32-31-,35-34-,41-30-,46-43-. The number of esters is 3. The van der Waals surface area contributed by atoms with E-state index < -0.39 is 6.10 Å². The smallest absolute Gasteiger partial charge is 0.306 e. The van der Waals surface area contributed by atoms with Crippen molar-refractivity contribution in [3.05, 3.63) is 109 Å². The molecule has 0 aromatic carbocycles. The van der Waals surface area contributed by atoms with Gasteiger partial charge in [-0.05, 0) is 128 Å². The van der Waals surface area contributed by atoms with Crippen LogP contribution in [-0.4, -0.2) is 37.2 Å². The zero-order valence-electron chi connectivity index (χ0n) is 49.7. The van der Waals surface area contributed by atoms with Crippen LogP contribution in [0.1, 0.15) is 297 Å². The second-order valence-corrected chi connectivity index (χ2v) is 20.9. The Morgan fingerprint density at radius 1 is 0.276 bits per heavy atom. The predicted molar refractivity (Wildman–Crippen MR) is 330 cm³/mol. The third-order valence-corrected chi connectivity index (χ3v) is 13.5. The average molecular weight is 1060 g/mol. The van der Waals surface area contributed by atoms with E-state index in [1.165, 1.54) is 122 Å². The van der Waals surface area contributed by atoms with Crippen LogP contribution < -0.4 is 0 Å². The fourth-order valence-electron chi connectivity index (χ4n) is 8.71. The number of carbonyl (C=O) groups is 3. The number of hydrogen-bond acceptors (Lipinski definition) is 6. The molecule has 0 aromatic heterocycles. The Hall–Kier alpha value is -3.93. The van der Waals surface area contributed by atoms with Crippen LogP contribution in [0.2, 0.25) is 0 Å². The first kappa shape index (κ1) is 72.1. The van der Waals surface area contributed by atoms with E-state index in [9.17, 15) is 14.4 Å². The Kier molecular flexibility index (Phi) is 60.3. The second kappa shape index (κ2) is 63.6. The highest BCUT2D eigenvalue weighted by Crippen LogP contribution is 2.15. The highest BCUT2D eigenvalue weighted by Gasteiger charge is 2.19. The summed E-state index contributed by atoms with van der Waals surface area (Å²) < 4.78 is 16.9. The van der Waals surface area contributed by atoms with Crippen LogP contribution >= 0.6 is 0 Å². The van der Waals surface area contributed by atoms with Crippen LogP contribution in [0, 0.1) is 0 Å². The number of rotatable bonds is 57. The molecule has 0 heterocycles. The number of unbranched alkanes of at least 4 members (excludes halogenated alkanes) is 28. The van der Waals surface area contributed by atoms with Gasteiger partial charge in [0, 0.05) is 19.3 Å². The first-order valence-corrected chi connectivity index (χ1v) is 31.9. The Labute approximate surface area is 470 Å². The summed E-state index contributed by atoms with van der Waals surface area (Å²) in [6.07, 6.45) is 86.6. The van der Waals surface area contributed by atoms with Gasteiger partial charge in [0.25, 0.3) is 0 Å². The molecular formula is C70H118O6. The second-order valence-electron chi connectivity index (χ2n) is 20.9. The van der Waals surface area contributed by atoms with Crippen molar-refractivity contribution in [1.82, 2.24) is 0 Å².